The Morgan fingerprint density at radius 2 is 2.00 bits per heavy atom. The summed E-state index contributed by atoms with van der Waals surface area (Å²) < 4.78 is 6.06. The molecule has 2 nitrogen and oxygen atoms in total. The second-order valence-electron chi connectivity index (χ2n) is 5.83. The van der Waals surface area contributed by atoms with Crippen LogP contribution < -0.4 is 10.5 Å². The highest BCUT2D eigenvalue weighted by atomic mass is 16.5. The molecule has 1 aliphatic carbocycles. The summed E-state index contributed by atoms with van der Waals surface area (Å²) in [6.45, 7) is 5.05. The number of nitrogens with two attached hydrogens (primary N) is 1. The van der Waals surface area contributed by atoms with E-state index in [1.807, 2.05) is 6.92 Å². The average molecular weight is 261 g/mol. The molecule has 0 radical (unpaired) electrons. The van der Waals surface area contributed by atoms with E-state index in [1.54, 1.807) is 0 Å². The normalized spacial score (nSPS) is 18.3. The first-order chi connectivity index (χ1) is 9.20. The third kappa shape index (κ3) is 3.97. The van der Waals surface area contributed by atoms with Crippen molar-refractivity contribution in [3.8, 4) is 5.75 Å². The average Bonchev–Trinajstić information content (AvgIpc) is 2.46. The summed E-state index contributed by atoms with van der Waals surface area (Å²) >= 11 is 0. The third-order valence-corrected chi connectivity index (χ3v) is 4.17. The molecule has 0 aromatic heterocycles. The van der Waals surface area contributed by atoms with E-state index in [2.05, 4.69) is 25.1 Å². The van der Waals surface area contributed by atoms with E-state index in [4.69, 9.17) is 10.5 Å². The van der Waals surface area contributed by atoms with Crippen molar-refractivity contribution in [2.75, 3.05) is 6.61 Å². The maximum absolute atomic E-state index is 6.07. The Labute approximate surface area is 117 Å². The first-order valence-corrected chi connectivity index (χ1v) is 7.72. The van der Waals surface area contributed by atoms with Crippen LogP contribution in [0.5, 0.6) is 5.75 Å². The molecule has 0 aliphatic heterocycles. The number of hydrogen-bond acceptors (Lipinski definition) is 2. The van der Waals surface area contributed by atoms with Gasteiger partial charge in [-0.3, -0.25) is 0 Å². The zero-order chi connectivity index (χ0) is 13.7. The second-order valence-corrected chi connectivity index (χ2v) is 5.83. The molecule has 1 unspecified atom stereocenters. The van der Waals surface area contributed by atoms with Gasteiger partial charge in [0.25, 0.3) is 0 Å². The number of aryl methyl sites for hydroxylation is 1. The smallest absolute Gasteiger partial charge is 0.124 e. The van der Waals surface area contributed by atoms with Crippen LogP contribution in [0.15, 0.2) is 18.2 Å². The van der Waals surface area contributed by atoms with E-state index in [9.17, 15) is 0 Å². The van der Waals surface area contributed by atoms with Gasteiger partial charge in [0.2, 0.25) is 0 Å². The standard InChI is InChI=1S/C17H27NO/c1-3-14-9-10-17(16(11-14)13(2)18)19-12-15-7-5-4-6-8-15/h9-11,13,15H,3-8,12,18H2,1-2H3. The van der Waals surface area contributed by atoms with Crippen molar-refractivity contribution < 1.29 is 4.74 Å². The lowest BCUT2D eigenvalue weighted by atomic mass is 9.90. The second kappa shape index (κ2) is 6.95. The molecule has 1 aliphatic rings. The van der Waals surface area contributed by atoms with Gasteiger partial charge >= 0.3 is 0 Å². The molecule has 0 heterocycles. The van der Waals surface area contributed by atoms with Crippen LogP contribution in [0, 0.1) is 5.92 Å². The SMILES string of the molecule is CCc1ccc(OCC2CCCCC2)c(C(C)N)c1. The predicted molar refractivity (Wildman–Crippen MR) is 80.5 cm³/mol. The Kier molecular flexibility index (Phi) is 5.26. The molecule has 0 bridgehead atoms. The Bertz CT molecular complexity index is 394. The van der Waals surface area contributed by atoms with Gasteiger partial charge in [0, 0.05) is 11.6 Å². The highest BCUT2D eigenvalue weighted by Gasteiger charge is 2.15. The van der Waals surface area contributed by atoms with E-state index in [0.717, 1.165) is 30.3 Å². The van der Waals surface area contributed by atoms with Crippen molar-refractivity contribution in [2.45, 2.75) is 58.4 Å². The number of hydrogen-bond donors (Lipinski definition) is 1. The summed E-state index contributed by atoms with van der Waals surface area (Å²) in [6.07, 6.45) is 7.81. The van der Waals surface area contributed by atoms with Crippen LogP contribution in [0.3, 0.4) is 0 Å². The molecule has 0 amide bonds. The van der Waals surface area contributed by atoms with Gasteiger partial charge in [-0.25, -0.2) is 0 Å². The Hall–Kier alpha value is -1.02. The zero-order valence-corrected chi connectivity index (χ0v) is 12.3. The van der Waals surface area contributed by atoms with Crippen LogP contribution in [-0.2, 0) is 6.42 Å². The summed E-state index contributed by atoms with van der Waals surface area (Å²) in [5, 5.41) is 0. The minimum absolute atomic E-state index is 0.0351. The topological polar surface area (TPSA) is 35.2 Å². The minimum Gasteiger partial charge on any atom is -0.493 e. The van der Waals surface area contributed by atoms with Crippen LogP contribution in [-0.4, -0.2) is 6.61 Å². The maximum atomic E-state index is 6.07. The fourth-order valence-corrected chi connectivity index (χ4v) is 2.87. The molecule has 2 heteroatoms. The summed E-state index contributed by atoms with van der Waals surface area (Å²) in [7, 11) is 0. The fourth-order valence-electron chi connectivity index (χ4n) is 2.87. The molecule has 0 spiro atoms. The molecule has 106 valence electrons. The van der Waals surface area contributed by atoms with Gasteiger partial charge in [0.05, 0.1) is 6.61 Å². The highest BCUT2D eigenvalue weighted by Crippen LogP contribution is 2.28. The molecule has 1 atom stereocenters. The van der Waals surface area contributed by atoms with Crippen molar-refractivity contribution in [1.29, 1.82) is 0 Å². The molecule has 1 aromatic carbocycles. The highest BCUT2D eigenvalue weighted by molar-refractivity contribution is 5.39. The summed E-state index contributed by atoms with van der Waals surface area (Å²) in [6, 6.07) is 6.48. The van der Waals surface area contributed by atoms with Gasteiger partial charge in [0.1, 0.15) is 5.75 Å². The molecular weight excluding hydrogens is 234 g/mol. The lowest BCUT2D eigenvalue weighted by Crippen LogP contribution is -2.17. The molecule has 2 N–H and O–H groups in total. The minimum atomic E-state index is 0.0351. The Balaban J connectivity index is 2.02. The van der Waals surface area contributed by atoms with Crippen LogP contribution in [0.25, 0.3) is 0 Å². The lowest BCUT2D eigenvalue weighted by Gasteiger charge is -2.23. The molecule has 2 rings (SSSR count). The summed E-state index contributed by atoms with van der Waals surface area (Å²) in [4.78, 5) is 0. The van der Waals surface area contributed by atoms with Crippen molar-refractivity contribution >= 4 is 0 Å². The molecule has 1 aromatic rings. The van der Waals surface area contributed by atoms with Gasteiger partial charge in [-0.1, -0.05) is 38.3 Å². The zero-order valence-electron chi connectivity index (χ0n) is 12.3. The van der Waals surface area contributed by atoms with Gasteiger partial charge < -0.3 is 10.5 Å². The number of ether oxygens (including phenoxy) is 1. The van der Waals surface area contributed by atoms with E-state index in [0.29, 0.717) is 0 Å². The van der Waals surface area contributed by atoms with E-state index in [-0.39, 0.29) is 6.04 Å². The van der Waals surface area contributed by atoms with Crippen molar-refractivity contribution in [3.63, 3.8) is 0 Å². The maximum Gasteiger partial charge on any atom is 0.124 e. The molecule has 19 heavy (non-hydrogen) atoms. The number of benzene rings is 1. The van der Waals surface area contributed by atoms with Crippen molar-refractivity contribution in [3.05, 3.63) is 29.3 Å². The molecular formula is C17H27NO. The third-order valence-electron chi connectivity index (χ3n) is 4.17. The van der Waals surface area contributed by atoms with Crippen LogP contribution >= 0.6 is 0 Å². The molecule has 0 saturated heterocycles. The molecule has 1 fully saturated rings. The Morgan fingerprint density at radius 1 is 1.26 bits per heavy atom. The van der Waals surface area contributed by atoms with Crippen molar-refractivity contribution in [2.24, 2.45) is 11.7 Å². The predicted octanol–water partition coefficient (Wildman–Crippen LogP) is 4.23. The van der Waals surface area contributed by atoms with Crippen LogP contribution in [0.4, 0.5) is 0 Å². The van der Waals surface area contributed by atoms with Gasteiger partial charge in [-0.2, -0.15) is 0 Å². The largest absolute Gasteiger partial charge is 0.493 e. The molecule has 1 saturated carbocycles. The van der Waals surface area contributed by atoms with Crippen LogP contribution in [0.1, 0.15) is 63.1 Å². The fraction of sp³-hybridized carbons (Fsp3) is 0.647. The lowest BCUT2D eigenvalue weighted by molar-refractivity contribution is 0.207. The summed E-state index contributed by atoms with van der Waals surface area (Å²) in [5.74, 6) is 1.72. The summed E-state index contributed by atoms with van der Waals surface area (Å²) in [5.41, 5.74) is 8.55. The monoisotopic (exact) mass is 261 g/mol. The van der Waals surface area contributed by atoms with Crippen LogP contribution in [0.2, 0.25) is 0 Å². The van der Waals surface area contributed by atoms with E-state index < -0.39 is 0 Å². The number of rotatable bonds is 5. The van der Waals surface area contributed by atoms with E-state index >= 15 is 0 Å². The Morgan fingerprint density at radius 3 is 2.63 bits per heavy atom. The van der Waals surface area contributed by atoms with E-state index in [1.165, 1.54) is 37.7 Å². The van der Waals surface area contributed by atoms with Gasteiger partial charge in [-0.05, 0) is 43.7 Å². The van der Waals surface area contributed by atoms with Gasteiger partial charge in [-0.15, -0.1) is 0 Å². The first kappa shape index (κ1) is 14.4. The van der Waals surface area contributed by atoms with Gasteiger partial charge in [0.15, 0.2) is 0 Å². The van der Waals surface area contributed by atoms with Crippen molar-refractivity contribution in [1.82, 2.24) is 0 Å². The first-order valence-electron chi connectivity index (χ1n) is 7.72. The quantitative estimate of drug-likeness (QED) is 0.861.